The van der Waals surface area contributed by atoms with Crippen molar-refractivity contribution >= 4 is 28.9 Å². The van der Waals surface area contributed by atoms with Crippen molar-refractivity contribution in [3.63, 3.8) is 0 Å². The van der Waals surface area contributed by atoms with Gasteiger partial charge in [-0.1, -0.05) is 24.3 Å². The molecule has 238 valence electrons. The number of carbonyl (C=O) groups is 1. The fraction of sp³-hybridized carbons (Fsp3) is 0.278. The van der Waals surface area contributed by atoms with Crippen LogP contribution in [0.4, 0.5) is 13.2 Å². The van der Waals surface area contributed by atoms with Crippen LogP contribution in [-0.4, -0.2) is 32.4 Å². The lowest BCUT2D eigenvalue weighted by Crippen LogP contribution is -2.18. The Hall–Kier alpha value is -4.82. The smallest absolute Gasteiger partial charge is 0.261 e. The number of benzene rings is 3. The zero-order valence-corrected chi connectivity index (χ0v) is 26.1. The van der Waals surface area contributed by atoms with E-state index in [2.05, 4.69) is 9.71 Å². The Morgan fingerprint density at radius 1 is 1.02 bits per heavy atom. The number of imidazole rings is 1. The molecule has 0 saturated heterocycles. The molecule has 7 rings (SSSR count). The standard InChI is InChI=1S/C36H30F3N5O2S/c37-20-36(12-13-36)21-44-32-16-25(35(45)43-47-27-9-10-27)8-11-31(32)41-33(44)17-23-6-7-24(15-29(23)39)30-2-1-3-34(42-30)46-19-26-5-4-22(18-40)14-28(26)38/h1-8,11,14-16,27H,9-10,12-13,17,19-21H2,(H,43,45). The van der Waals surface area contributed by atoms with Crippen molar-refractivity contribution in [1.29, 1.82) is 5.26 Å². The first-order chi connectivity index (χ1) is 22.8. The van der Waals surface area contributed by atoms with Crippen molar-refractivity contribution in [2.45, 2.75) is 50.5 Å². The topological polar surface area (TPSA) is 92.8 Å². The van der Waals surface area contributed by atoms with E-state index in [1.165, 1.54) is 30.1 Å². The van der Waals surface area contributed by atoms with Crippen molar-refractivity contribution in [2.75, 3.05) is 6.67 Å². The predicted octanol–water partition coefficient (Wildman–Crippen LogP) is 7.71. The third-order valence-electron chi connectivity index (χ3n) is 8.64. The van der Waals surface area contributed by atoms with Gasteiger partial charge in [-0.25, -0.2) is 18.7 Å². The van der Waals surface area contributed by atoms with Gasteiger partial charge in [-0.3, -0.25) is 13.9 Å². The highest BCUT2D eigenvalue weighted by atomic mass is 32.2. The number of carbonyl (C=O) groups excluding carboxylic acids is 1. The van der Waals surface area contributed by atoms with Gasteiger partial charge in [-0.2, -0.15) is 5.26 Å². The molecule has 3 aromatic carbocycles. The summed E-state index contributed by atoms with van der Waals surface area (Å²) in [4.78, 5) is 22.1. The molecular weight excluding hydrogens is 623 g/mol. The molecule has 47 heavy (non-hydrogen) atoms. The van der Waals surface area contributed by atoms with Crippen molar-refractivity contribution in [3.8, 4) is 23.2 Å². The first-order valence-corrected chi connectivity index (χ1v) is 16.3. The summed E-state index contributed by atoms with van der Waals surface area (Å²) in [5, 5.41) is 9.42. The van der Waals surface area contributed by atoms with Crippen molar-refractivity contribution in [1.82, 2.24) is 19.3 Å². The lowest BCUT2D eigenvalue weighted by atomic mass is 10.0. The van der Waals surface area contributed by atoms with Gasteiger partial charge in [-0.05, 0) is 85.7 Å². The average molecular weight is 654 g/mol. The van der Waals surface area contributed by atoms with Crippen molar-refractivity contribution in [2.24, 2.45) is 5.41 Å². The summed E-state index contributed by atoms with van der Waals surface area (Å²) in [6.07, 6.45) is 3.91. The molecule has 0 unspecified atom stereocenters. The Labute approximate surface area is 273 Å². The second-order valence-electron chi connectivity index (χ2n) is 12.3. The fourth-order valence-corrected chi connectivity index (χ4v) is 6.18. The van der Waals surface area contributed by atoms with Crippen molar-refractivity contribution in [3.05, 3.63) is 113 Å². The molecule has 5 aromatic rings. The normalized spacial score (nSPS) is 14.9. The maximum Gasteiger partial charge on any atom is 0.261 e. The zero-order valence-electron chi connectivity index (χ0n) is 25.3. The van der Waals surface area contributed by atoms with Crippen LogP contribution < -0.4 is 9.46 Å². The molecule has 2 aliphatic carbocycles. The summed E-state index contributed by atoms with van der Waals surface area (Å²) >= 11 is 1.44. The minimum atomic E-state index is -0.544. The monoisotopic (exact) mass is 653 g/mol. The Morgan fingerprint density at radius 2 is 1.83 bits per heavy atom. The number of nitrogens with one attached hydrogen (secondary N) is 1. The number of halogens is 3. The second-order valence-corrected chi connectivity index (χ2v) is 13.4. The molecule has 2 heterocycles. The van der Waals surface area contributed by atoms with Crippen LogP contribution in [0, 0.1) is 28.4 Å². The molecule has 0 spiro atoms. The number of hydrogen-bond donors (Lipinski definition) is 1. The van der Waals surface area contributed by atoms with Gasteiger partial charge in [-0.15, -0.1) is 0 Å². The number of alkyl halides is 1. The van der Waals surface area contributed by atoms with E-state index < -0.39 is 23.7 Å². The molecule has 0 atom stereocenters. The first-order valence-electron chi connectivity index (χ1n) is 15.4. The average Bonchev–Trinajstić information content (AvgIpc) is 4.03. The van der Waals surface area contributed by atoms with Gasteiger partial charge in [0.15, 0.2) is 0 Å². The van der Waals surface area contributed by atoms with Crippen LogP contribution in [0.1, 0.15) is 58.6 Å². The Morgan fingerprint density at radius 3 is 2.55 bits per heavy atom. The summed E-state index contributed by atoms with van der Waals surface area (Å²) in [5.41, 5.74) is 3.35. The number of aromatic nitrogens is 3. The molecule has 11 heteroatoms. The number of hydrogen-bond acceptors (Lipinski definition) is 6. The fourth-order valence-electron chi connectivity index (χ4n) is 5.42. The van der Waals surface area contributed by atoms with Crippen LogP contribution in [-0.2, 0) is 19.6 Å². The van der Waals surface area contributed by atoms with E-state index in [9.17, 15) is 13.6 Å². The van der Waals surface area contributed by atoms with E-state index in [1.807, 2.05) is 10.6 Å². The second kappa shape index (κ2) is 12.8. The van der Waals surface area contributed by atoms with Crippen LogP contribution in [0.2, 0.25) is 0 Å². The Balaban J connectivity index is 1.11. The molecule has 1 N–H and O–H groups in total. The zero-order chi connectivity index (χ0) is 32.5. The van der Waals surface area contributed by atoms with Gasteiger partial charge in [0.25, 0.3) is 5.91 Å². The van der Waals surface area contributed by atoms with E-state index in [0.717, 1.165) is 37.3 Å². The maximum absolute atomic E-state index is 15.7. The van der Waals surface area contributed by atoms with E-state index in [4.69, 9.17) is 15.0 Å². The van der Waals surface area contributed by atoms with Gasteiger partial charge in [0, 0.05) is 46.4 Å². The van der Waals surface area contributed by atoms with Gasteiger partial charge in [0.2, 0.25) is 5.88 Å². The quantitative estimate of drug-likeness (QED) is 0.139. The van der Waals surface area contributed by atoms with Gasteiger partial charge in [0.05, 0.1) is 35.0 Å². The largest absolute Gasteiger partial charge is 0.473 e. The van der Waals surface area contributed by atoms with Crippen LogP contribution >= 0.6 is 11.9 Å². The number of fused-ring (bicyclic) bond motifs is 1. The van der Waals surface area contributed by atoms with E-state index in [1.54, 1.807) is 48.5 Å². The Kier molecular flexibility index (Phi) is 8.37. The summed E-state index contributed by atoms with van der Waals surface area (Å²) in [7, 11) is 0. The third-order valence-corrected chi connectivity index (χ3v) is 9.75. The van der Waals surface area contributed by atoms with E-state index in [0.29, 0.717) is 45.5 Å². The molecule has 7 nitrogen and oxygen atoms in total. The van der Waals surface area contributed by atoms with E-state index in [-0.39, 0.29) is 35.9 Å². The lowest BCUT2D eigenvalue weighted by molar-refractivity contribution is 0.0984. The SMILES string of the molecule is N#Cc1ccc(COc2cccc(-c3ccc(Cc4nc5ccc(C(=O)NSC6CC6)cc5n4CC4(CF)CC4)c(F)c3)n2)c(F)c1. The number of amides is 1. The molecule has 0 bridgehead atoms. The summed E-state index contributed by atoms with van der Waals surface area (Å²) in [5.74, 6) is -0.337. The highest BCUT2D eigenvalue weighted by Gasteiger charge is 2.44. The summed E-state index contributed by atoms with van der Waals surface area (Å²) in [6.45, 7) is -0.136. The number of rotatable bonds is 12. The number of nitrogens with zero attached hydrogens (tertiary/aromatic N) is 4. The molecule has 1 amide bonds. The molecule has 2 fully saturated rings. The Bertz CT molecular complexity index is 2030. The minimum Gasteiger partial charge on any atom is -0.473 e. The molecule has 0 radical (unpaired) electrons. The molecule has 2 aliphatic rings. The summed E-state index contributed by atoms with van der Waals surface area (Å²) < 4.78 is 54.5. The van der Waals surface area contributed by atoms with Gasteiger partial charge < -0.3 is 9.30 Å². The summed E-state index contributed by atoms with van der Waals surface area (Å²) in [6, 6.07) is 21.3. The number of pyridine rings is 1. The van der Waals surface area contributed by atoms with Crippen LogP contribution in [0.5, 0.6) is 5.88 Å². The highest BCUT2D eigenvalue weighted by Crippen LogP contribution is 2.48. The van der Waals surface area contributed by atoms with Gasteiger partial charge in [0.1, 0.15) is 24.1 Å². The van der Waals surface area contributed by atoms with Gasteiger partial charge >= 0.3 is 0 Å². The molecule has 2 saturated carbocycles. The molecular formula is C36H30F3N5O2S. The number of ether oxygens (including phenoxy) is 1. The lowest BCUT2D eigenvalue weighted by Gasteiger charge is -2.16. The predicted molar refractivity (Wildman–Crippen MR) is 173 cm³/mol. The third kappa shape index (κ3) is 6.83. The number of nitriles is 1. The van der Waals surface area contributed by atoms with Crippen LogP contribution in [0.3, 0.4) is 0 Å². The highest BCUT2D eigenvalue weighted by molar-refractivity contribution is 7.98. The molecule has 2 aromatic heterocycles. The van der Waals surface area contributed by atoms with E-state index >= 15 is 4.39 Å². The minimum absolute atomic E-state index is 0.0857. The maximum atomic E-state index is 15.7. The first kappa shape index (κ1) is 30.8. The van der Waals surface area contributed by atoms with Crippen molar-refractivity contribution < 1.29 is 22.7 Å². The van der Waals surface area contributed by atoms with Crippen LogP contribution in [0.15, 0.2) is 72.8 Å². The van der Waals surface area contributed by atoms with Crippen LogP contribution in [0.25, 0.3) is 22.3 Å². The molecule has 0 aliphatic heterocycles.